The monoisotopic (exact) mass is 419 g/mol. The van der Waals surface area contributed by atoms with Gasteiger partial charge in [0, 0.05) is 18.7 Å². The summed E-state index contributed by atoms with van der Waals surface area (Å²) in [6.07, 6.45) is 4.23. The number of rotatable bonds is 6. The largest absolute Gasteiger partial charge is 0.493 e. The molecule has 7 heteroatoms. The molecule has 1 saturated heterocycles. The van der Waals surface area contributed by atoms with Gasteiger partial charge in [-0.2, -0.15) is 0 Å². The molecule has 2 heterocycles. The van der Waals surface area contributed by atoms with Crippen molar-refractivity contribution in [1.29, 1.82) is 0 Å². The van der Waals surface area contributed by atoms with E-state index in [1.165, 1.54) is 12.8 Å². The first-order chi connectivity index (χ1) is 12.6. The highest BCUT2D eigenvalue weighted by Crippen LogP contribution is 2.36. The summed E-state index contributed by atoms with van der Waals surface area (Å²) in [6, 6.07) is 7.18. The number of carbonyl (C=O) groups excluding carboxylic acids is 1. The molecule has 0 unspecified atom stereocenters. The number of hydrogen-bond donors (Lipinski definition) is 1. The number of benzene rings is 1. The summed E-state index contributed by atoms with van der Waals surface area (Å²) in [5.74, 6) is 1.35. The Kier molecular flexibility index (Phi) is 5.98. The molecule has 1 aromatic carbocycles. The van der Waals surface area contributed by atoms with Gasteiger partial charge in [0.25, 0.3) is 5.91 Å². The van der Waals surface area contributed by atoms with Crippen LogP contribution >= 0.6 is 15.9 Å². The van der Waals surface area contributed by atoms with Gasteiger partial charge in [0.1, 0.15) is 5.82 Å². The molecule has 1 N–H and O–H groups in total. The predicted molar refractivity (Wildman–Crippen MR) is 106 cm³/mol. The number of aromatic nitrogens is 1. The van der Waals surface area contributed by atoms with Gasteiger partial charge < -0.3 is 19.7 Å². The third kappa shape index (κ3) is 4.09. The number of nitrogens with zero attached hydrogens (tertiary/aromatic N) is 2. The fourth-order valence-electron chi connectivity index (χ4n) is 2.95. The van der Waals surface area contributed by atoms with Crippen LogP contribution in [-0.4, -0.2) is 37.7 Å². The summed E-state index contributed by atoms with van der Waals surface area (Å²) >= 11 is 3.43. The highest BCUT2D eigenvalue weighted by molar-refractivity contribution is 9.10. The van der Waals surface area contributed by atoms with E-state index < -0.39 is 0 Å². The fourth-order valence-corrected chi connectivity index (χ4v) is 3.50. The zero-order chi connectivity index (χ0) is 18.5. The molecule has 2 aromatic rings. The highest BCUT2D eigenvalue weighted by Gasteiger charge is 2.16. The number of ether oxygens (including phenoxy) is 2. The molecule has 1 aliphatic rings. The van der Waals surface area contributed by atoms with Gasteiger partial charge in [-0.25, -0.2) is 4.98 Å². The van der Waals surface area contributed by atoms with Crippen molar-refractivity contribution in [3.8, 4) is 11.5 Å². The lowest BCUT2D eigenvalue weighted by molar-refractivity contribution is 0.102. The quantitative estimate of drug-likeness (QED) is 0.763. The predicted octanol–water partition coefficient (Wildman–Crippen LogP) is 4.10. The molecule has 0 radical (unpaired) electrons. The van der Waals surface area contributed by atoms with E-state index in [1.807, 2.05) is 19.1 Å². The topological polar surface area (TPSA) is 63.7 Å². The molecule has 26 heavy (non-hydrogen) atoms. The molecule has 1 aliphatic heterocycles. The molecule has 1 aromatic heterocycles. The molecule has 3 rings (SSSR count). The van der Waals surface area contributed by atoms with Gasteiger partial charge in [0.05, 0.1) is 30.1 Å². The van der Waals surface area contributed by atoms with Gasteiger partial charge in [0.15, 0.2) is 11.5 Å². The van der Waals surface area contributed by atoms with Crippen LogP contribution in [0.3, 0.4) is 0 Å². The molecule has 0 bridgehead atoms. The molecular weight excluding hydrogens is 398 g/mol. The third-order valence-corrected chi connectivity index (χ3v) is 4.83. The first kappa shape index (κ1) is 18.5. The Hall–Kier alpha value is -2.28. The maximum Gasteiger partial charge on any atom is 0.256 e. The van der Waals surface area contributed by atoms with Crippen LogP contribution in [0, 0.1) is 0 Å². The third-order valence-electron chi connectivity index (χ3n) is 4.24. The van der Waals surface area contributed by atoms with Crippen LogP contribution in [0.15, 0.2) is 34.9 Å². The average Bonchev–Trinajstić information content (AvgIpc) is 3.18. The molecule has 0 atom stereocenters. The van der Waals surface area contributed by atoms with Crippen LogP contribution in [0.5, 0.6) is 11.5 Å². The number of pyridine rings is 1. The van der Waals surface area contributed by atoms with E-state index in [1.54, 1.807) is 25.4 Å². The van der Waals surface area contributed by atoms with Gasteiger partial charge in [-0.1, -0.05) is 0 Å². The van der Waals surface area contributed by atoms with Gasteiger partial charge in [-0.15, -0.1) is 0 Å². The summed E-state index contributed by atoms with van der Waals surface area (Å²) < 4.78 is 11.6. The van der Waals surface area contributed by atoms with Crippen molar-refractivity contribution < 1.29 is 14.3 Å². The van der Waals surface area contributed by atoms with Crippen molar-refractivity contribution in [3.05, 3.63) is 40.5 Å². The normalized spacial score (nSPS) is 13.6. The Balaban J connectivity index is 1.74. The summed E-state index contributed by atoms with van der Waals surface area (Å²) in [6.45, 7) is 4.53. The van der Waals surface area contributed by atoms with E-state index >= 15 is 0 Å². The van der Waals surface area contributed by atoms with E-state index in [9.17, 15) is 4.79 Å². The molecule has 1 fully saturated rings. The minimum atomic E-state index is -0.256. The maximum absolute atomic E-state index is 12.6. The Labute approximate surface area is 161 Å². The van der Waals surface area contributed by atoms with E-state index in [-0.39, 0.29) is 5.91 Å². The number of anilines is 2. The second kappa shape index (κ2) is 8.40. The zero-order valence-electron chi connectivity index (χ0n) is 14.9. The Morgan fingerprint density at radius 3 is 2.69 bits per heavy atom. The smallest absolute Gasteiger partial charge is 0.256 e. The fraction of sp³-hybridized carbons (Fsp3) is 0.368. The van der Waals surface area contributed by atoms with Crippen LogP contribution in [-0.2, 0) is 0 Å². The SMILES string of the molecule is CCOc1c(Br)cc(C(=O)Nc2ccc(N3CCCC3)cn2)cc1OC. The van der Waals surface area contributed by atoms with Crippen LogP contribution in [0.25, 0.3) is 0 Å². The molecular formula is C19H22BrN3O3. The molecule has 6 nitrogen and oxygen atoms in total. The second-order valence-corrected chi connectivity index (χ2v) is 6.83. The first-order valence-corrected chi connectivity index (χ1v) is 9.44. The second-order valence-electron chi connectivity index (χ2n) is 5.97. The van der Waals surface area contributed by atoms with E-state index in [2.05, 4.69) is 31.1 Å². The van der Waals surface area contributed by atoms with E-state index in [0.717, 1.165) is 18.8 Å². The molecule has 0 spiro atoms. The lowest BCUT2D eigenvalue weighted by Gasteiger charge is -2.17. The minimum absolute atomic E-state index is 0.256. The first-order valence-electron chi connectivity index (χ1n) is 8.65. The summed E-state index contributed by atoms with van der Waals surface area (Å²) in [5.41, 5.74) is 1.55. The van der Waals surface area contributed by atoms with Crippen LogP contribution in [0.2, 0.25) is 0 Å². The number of methoxy groups -OCH3 is 1. The van der Waals surface area contributed by atoms with Crippen molar-refractivity contribution >= 4 is 33.3 Å². The van der Waals surface area contributed by atoms with E-state index in [4.69, 9.17) is 9.47 Å². The van der Waals surface area contributed by atoms with Gasteiger partial charge in [-0.3, -0.25) is 4.79 Å². The summed E-state index contributed by atoms with van der Waals surface area (Å²) in [5, 5.41) is 2.82. The average molecular weight is 420 g/mol. The van der Waals surface area contributed by atoms with Gasteiger partial charge in [0.2, 0.25) is 0 Å². The molecule has 1 amide bonds. The standard InChI is InChI=1S/C19H22BrN3O3/c1-3-26-18-15(20)10-13(11-16(18)25-2)19(24)22-17-7-6-14(12-21-17)23-8-4-5-9-23/h6-7,10-12H,3-5,8-9H2,1-2H3,(H,21,22,24). The van der Waals surface area contributed by atoms with Crippen molar-refractivity contribution in [2.75, 3.05) is 37.0 Å². The molecule has 0 aliphatic carbocycles. The number of halogens is 1. The number of amides is 1. The number of nitrogens with one attached hydrogen (secondary N) is 1. The molecule has 0 saturated carbocycles. The highest BCUT2D eigenvalue weighted by atomic mass is 79.9. The lowest BCUT2D eigenvalue weighted by atomic mass is 10.2. The van der Waals surface area contributed by atoms with Crippen molar-refractivity contribution in [2.45, 2.75) is 19.8 Å². The lowest BCUT2D eigenvalue weighted by Crippen LogP contribution is -2.18. The summed E-state index contributed by atoms with van der Waals surface area (Å²) in [4.78, 5) is 19.2. The maximum atomic E-state index is 12.6. The van der Waals surface area contributed by atoms with Crippen LogP contribution in [0.1, 0.15) is 30.1 Å². The van der Waals surface area contributed by atoms with Crippen molar-refractivity contribution in [3.63, 3.8) is 0 Å². The van der Waals surface area contributed by atoms with Crippen molar-refractivity contribution in [2.24, 2.45) is 0 Å². The van der Waals surface area contributed by atoms with Crippen molar-refractivity contribution in [1.82, 2.24) is 4.98 Å². The zero-order valence-corrected chi connectivity index (χ0v) is 16.5. The Morgan fingerprint density at radius 1 is 1.31 bits per heavy atom. The van der Waals surface area contributed by atoms with Gasteiger partial charge >= 0.3 is 0 Å². The summed E-state index contributed by atoms with van der Waals surface area (Å²) in [7, 11) is 1.55. The van der Waals surface area contributed by atoms with Crippen LogP contribution < -0.4 is 19.7 Å². The van der Waals surface area contributed by atoms with Gasteiger partial charge in [-0.05, 0) is 60.0 Å². The Morgan fingerprint density at radius 2 is 2.08 bits per heavy atom. The number of hydrogen-bond acceptors (Lipinski definition) is 5. The molecule has 138 valence electrons. The van der Waals surface area contributed by atoms with Crippen LogP contribution in [0.4, 0.5) is 11.5 Å². The van der Waals surface area contributed by atoms with E-state index in [0.29, 0.717) is 34.0 Å². The number of carbonyl (C=O) groups is 1. The minimum Gasteiger partial charge on any atom is -0.493 e. The Bertz CT molecular complexity index is 774.